The minimum atomic E-state index is -0.703. The second-order valence-corrected chi connectivity index (χ2v) is 6.98. The number of fused-ring (bicyclic) bond motifs is 2. The maximum atomic E-state index is 12.6. The number of carbonyl (C=O) groups excluding carboxylic acids is 1. The van der Waals surface area contributed by atoms with E-state index < -0.39 is 22.8 Å². The topological polar surface area (TPSA) is 132 Å². The van der Waals surface area contributed by atoms with Crippen molar-refractivity contribution in [3.05, 3.63) is 72.5 Å². The minimum absolute atomic E-state index is 0.0467. The van der Waals surface area contributed by atoms with Crippen LogP contribution in [0.2, 0.25) is 0 Å². The van der Waals surface area contributed by atoms with Gasteiger partial charge in [-0.15, -0.1) is 0 Å². The fourth-order valence-electron chi connectivity index (χ4n) is 3.44. The summed E-state index contributed by atoms with van der Waals surface area (Å²) in [4.78, 5) is 56.3. The predicted molar refractivity (Wildman–Crippen MR) is 110 cm³/mol. The van der Waals surface area contributed by atoms with E-state index in [4.69, 9.17) is 4.42 Å². The average Bonchev–Trinajstić information content (AvgIpc) is 3.15. The van der Waals surface area contributed by atoms with Crippen LogP contribution < -0.4 is 22.2 Å². The molecule has 0 atom stereocenters. The number of rotatable bonds is 4. The molecule has 0 saturated carbocycles. The van der Waals surface area contributed by atoms with Crippen LogP contribution in [0.1, 0.15) is 21.7 Å². The number of benzene rings is 1. The zero-order chi connectivity index (χ0) is 21.6. The maximum Gasteiger partial charge on any atom is 0.349 e. The van der Waals surface area contributed by atoms with E-state index in [1.807, 2.05) is 0 Å². The van der Waals surface area contributed by atoms with Crippen LogP contribution >= 0.6 is 0 Å². The Bertz CT molecular complexity index is 1490. The number of amides is 1. The standard InChI is InChI=1S/C20H19N5O5/c1-10-11-6-4-5-7-12(11)30-19(28)14(10)17(26)21-9-8-13-22-15-16(23-13)24(2)20(29)25(3)18(15)27/h4-7H,8-9H2,1-3H3,(H,21,26)(H,22,23). The molecule has 0 aliphatic rings. The molecule has 0 fully saturated rings. The van der Waals surface area contributed by atoms with E-state index in [-0.39, 0.29) is 29.7 Å². The monoisotopic (exact) mass is 409 g/mol. The number of hydrogen-bond acceptors (Lipinski definition) is 6. The molecular formula is C20H19N5O5. The molecule has 2 N–H and O–H groups in total. The molecule has 10 heteroatoms. The molecule has 4 aromatic rings. The Morgan fingerprint density at radius 1 is 1.17 bits per heavy atom. The molecule has 0 aliphatic carbocycles. The first-order valence-corrected chi connectivity index (χ1v) is 9.25. The molecule has 0 radical (unpaired) electrons. The van der Waals surface area contributed by atoms with Gasteiger partial charge in [-0.2, -0.15) is 0 Å². The molecule has 0 aliphatic heterocycles. The lowest BCUT2D eigenvalue weighted by molar-refractivity contribution is 0.0950. The summed E-state index contributed by atoms with van der Waals surface area (Å²) in [6.07, 6.45) is 0.274. The molecule has 0 spiro atoms. The highest BCUT2D eigenvalue weighted by atomic mass is 16.4. The van der Waals surface area contributed by atoms with Crippen molar-refractivity contribution < 1.29 is 9.21 Å². The van der Waals surface area contributed by atoms with Gasteiger partial charge in [0.05, 0.1) is 0 Å². The van der Waals surface area contributed by atoms with E-state index in [2.05, 4.69) is 15.3 Å². The highest BCUT2D eigenvalue weighted by molar-refractivity contribution is 5.99. The SMILES string of the molecule is Cc1c(C(=O)NCCc2nc3c([nH]2)c(=O)n(C)c(=O)n3C)c(=O)oc2ccccc12. The minimum Gasteiger partial charge on any atom is -0.422 e. The highest BCUT2D eigenvalue weighted by Gasteiger charge is 2.18. The first kappa shape index (κ1) is 19.4. The van der Waals surface area contributed by atoms with Gasteiger partial charge in [0, 0.05) is 32.4 Å². The number of H-pyrrole nitrogens is 1. The van der Waals surface area contributed by atoms with Crippen molar-refractivity contribution in [2.24, 2.45) is 14.1 Å². The van der Waals surface area contributed by atoms with Crippen molar-refractivity contribution >= 4 is 28.0 Å². The van der Waals surface area contributed by atoms with Gasteiger partial charge in [-0.05, 0) is 18.6 Å². The quantitative estimate of drug-likeness (QED) is 0.468. The van der Waals surface area contributed by atoms with Crippen molar-refractivity contribution in [1.82, 2.24) is 24.4 Å². The Kier molecular flexibility index (Phi) is 4.61. The number of nitrogens with one attached hydrogen (secondary N) is 2. The third-order valence-corrected chi connectivity index (χ3v) is 5.09. The maximum absolute atomic E-state index is 12.6. The number of aryl methyl sites for hydroxylation is 2. The molecule has 1 amide bonds. The number of carbonyl (C=O) groups is 1. The van der Waals surface area contributed by atoms with Crippen molar-refractivity contribution in [1.29, 1.82) is 0 Å². The summed E-state index contributed by atoms with van der Waals surface area (Å²) in [7, 11) is 2.92. The lowest BCUT2D eigenvalue weighted by Gasteiger charge is -2.08. The fraction of sp³-hybridized carbons (Fsp3) is 0.250. The van der Waals surface area contributed by atoms with Gasteiger partial charge in [0.2, 0.25) is 0 Å². The Morgan fingerprint density at radius 3 is 2.67 bits per heavy atom. The summed E-state index contributed by atoms with van der Waals surface area (Å²) in [6.45, 7) is 1.86. The lowest BCUT2D eigenvalue weighted by Crippen LogP contribution is -2.36. The molecule has 3 aromatic heterocycles. The van der Waals surface area contributed by atoms with Gasteiger partial charge in [0.1, 0.15) is 22.5 Å². The summed E-state index contributed by atoms with van der Waals surface area (Å²) >= 11 is 0. The first-order valence-electron chi connectivity index (χ1n) is 9.25. The number of nitrogens with zero attached hydrogens (tertiary/aromatic N) is 3. The number of aromatic amines is 1. The summed E-state index contributed by atoms with van der Waals surface area (Å²) in [5.74, 6) is -0.114. The Balaban J connectivity index is 1.56. The Labute approximate surface area is 168 Å². The smallest absolute Gasteiger partial charge is 0.349 e. The number of para-hydroxylation sites is 1. The first-order chi connectivity index (χ1) is 14.3. The van der Waals surface area contributed by atoms with Crippen LogP contribution in [0.4, 0.5) is 0 Å². The van der Waals surface area contributed by atoms with Crippen LogP contribution in [0.25, 0.3) is 22.1 Å². The van der Waals surface area contributed by atoms with Gasteiger partial charge >= 0.3 is 11.3 Å². The third kappa shape index (κ3) is 3.02. The molecule has 1 aromatic carbocycles. The van der Waals surface area contributed by atoms with Crippen LogP contribution in [-0.2, 0) is 20.5 Å². The summed E-state index contributed by atoms with van der Waals surface area (Å²) in [6, 6.07) is 7.01. The van der Waals surface area contributed by atoms with Gasteiger partial charge in [-0.25, -0.2) is 14.6 Å². The van der Waals surface area contributed by atoms with Crippen molar-refractivity contribution in [2.45, 2.75) is 13.3 Å². The van der Waals surface area contributed by atoms with Crippen molar-refractivity contribution in [3.63, 3.8) is 0 Å². The van der Waals surface area contributed by atoms with Gasteiger partial charge in [-0.1, -0.05) is 18.2 Å². The molecule has 0 saturated heterocycles. The third-order valence-electron chi connectivity index (χ3n) is 5.09. The van der Waals surface area contributed by atoms with Crippen molar-refractivity contribution in [3.8, 4) is 0 Å². The van der Waals surface area contributed by atoms with Crippen LogP contribution in [-0.4, -0.2) is 31.6 Å². The molecule has 154 valence electrons. The Hall–Kier alpha value is -3.95. The van der Waals surface area contributed by atoms with Gasteiger partial charge < -0.3 is 14.7 Å². The van der Waals surface area contributed by atoms with E-state index in [1.54, 1.807) is 31.2 Å². The predicted octanol–water partition coefficient (Wildman–Crippen LogP) is 0.348. The van der Waals surface area contributed by atoms with Crippen LogP contribution in [0.15, 0.2) is 43.1 Å². The Morgan fingerprint density at radius 2 is 1.90 bits per heavy atom. The molecule has 0 bridgehead atoms. The van der Waals surface area contributed by atoms with Crippen LogP contribution in [0, 0.1) is 6.92 Å². The highest BCUT2D eigenvalue weighted by Crippen LogP contribution is 2.18. The summed E-state index contributed by atoms with van der Waals surface area (Å²) < 4.78 is 7.51. The summed E-state index contributed by atoms with van der Waals surface area (Å²) in [5.41, 5.74) is -0.270. The lowest BCUT2D eigenvalue weighted by atomic mass is 10.1. The van der Waals surface area contributed by atoms with E-state index in [9.17, 15) is 19.2 Å². The number of imidazole rings is 1. The zero-order valence-electron chi connectivity index (χ0n) is 16.6. The zero-order valence-corrected chi connectivity index (χ0v) is 16.6. The van der Waals surface area contributed by atoms with E-state index in [0.29, 0.717) is 22.4 Å². The fourth-order valence-corrected chi connectivity index (χ4v) is 3.44. The second kappa shape index (κ2) is 7.14. The normalized spacial score (nSPS) is 11.3. The molecule has 30 heavy (non-hydrogen) atoms. The van der Waals surface area contributed by atoms with E-state index >= 15 is 0 Å². The molecule has 10 nitrogen and oxygen atoms in total. The largest absolute Gasteiger partial charge is 0.422 e. The van der Waals surface area contributed by atoms with Crippen LogP contribution in [0.5, 0.6) is 0 Å². The summed E-state index contributed by atoms with van der Waals surface area (Å²) in [5, 5.41) is 3.37. The van der Waals surface area contributed by atoms with Crippen molar-refractivity contribution in [2.75, 3.05) is 6.54 Å². The van der Waals surface area contributed by atoms with E-state index in [1.165, 1.54) is 18.7 Å². The van der Waals surface area contributed by atoms with Gasteiger partial charge in [0.15, 0.2) is 5.65 Å². The van der Waals surface area contributed by atoms with E-state index in [0.717, 1.165) is 4.57 Å². The van der Waals surface area contributed by atoms with Gasteiger partial charge in [-0.3, -0.25) is 18.7 Å². The van der Waals surface area contributed by atoms with Gasteiger partial charge in [0.25, 0.3) is 11.5 Å². The van der Waals surface area contributed by atoms with Crippen LogP contribution in [0.3, 0.4) is 0 Å². The second-order valence-electron chi connectivity index (χ2n) is 6.98. The number of aromatic nitrogens is 4. The number of hydrogen-bond donors (Lipinski definition) is 2. The molecule has 3 heterocycles. The molecule has 4 rings (SSSR count). The molecule has 0 unspecified atom stereocenters. The average molecular weight is 409 g/mol. The molecular weight excluding hydrogens is 390 g/mol.